The fourth-order valence-corrected chi connectivity index (χ4v) is 2.91. The summed E-state index contributed by atoms with van der Waals surface area (Å²) in [5.41, 5.74) is -0.402. The molecule has 1 N–H and O–H groups in total. The second kappa shape index (κ2) is 7.47. The van der Waals surface area contributed by atoms with Gasteiger partial charge < -0.3 is 4.90 Å². The summed E-state index contributed by atoms with van der Waals surface area (Å²) in [6.45, 7) is 1.97. The summed E-state index contributed by atoms with van der Waals surface area (Å²) in [4.78, 5) is 2.09. The number of halogens is 3. The highest BCUT2D eigenvalue weighted by molar-refractivity contribution is 5.16. The van der Waals surface area contributed by atoms with Crippen molar-refractivity contribution in [3.63, 3.8) is 0 Å². The van der Waals surface area contributed by atoms with Crippen molar-refractivity contribution in [2.45, 2.75) is 37.8 Å². The molecule has 1 aromatic rings. The number of rotatable bonds is 5. The summed E-state index contributed by atoms with van der Waals surface area (Å²) < 4.78 is 37.9. The van der Waals surface area contributed by atoms with Crippen molar-refractivity contribution in [3.8, 4) is 12.1 Å². The minimum Gasteiger partial charge on any atom is -0.301 e. The maximum Gasteiger partial charge on any atom is 0.435 e. The summed E-state index contributed by atoms with van der Waals surface area (Å²) in [5.74, 6) is -0.261. The molecule has 124 valence electrons. The average Bonchev–Trinajstić information content (AvgIpc) is 3.02. The van der Waals surface area contributed by atoms with E-state index in [0.717, 1.165) is 25.5 Å². The van der Waals surface area contributed by atoms with E-state index in [-0.39, 0.29) is 11.8 Å². The molecule has 1 aliphatic rings. The van der Waals surface area contributed by atoms with Crippen molar-refractivity contribution in [3.05, 3.63) is 17.5 Å². The second-order valence-corrected chi connectivity index (χ2v) is 5.83. The first-order valence-electron chi connectivity index (χ1n) is 7.55. The maximum absolute atomic E-state index is 12.6. The number of nitrogens with one attached hydrogen (secondary N) is 1. The van der Waals surface area contributed by atoms with E-state index in [1.54, 1.807) is 0 Å². The van der Waals surface area contributed by atoms with E-state index >= 15 is 0 Å². The number of aromatic amines is 1. The van der Waals surface area contributed by atoms with Crippen molar-refractivity contribution in [2.24, 2.45) is 5.92 Å². The molecule has 1 aromatic heterocycles. The third kappa shape index (κ3) is 4.70. The monoisotopic (exact) mass is 325 g/mol. The molecule has 0 aromatic carbocycles. The van der Waals surface area contributed by atoms with Gasteiger partial charge in [0.1, 0.15) is 0 Å². The number of likely N-dealkylation sites (tertiary alicyclic amines) is 1. The van der Waals surface area contributed by atoms with Gasteiger partial charge in [0, 0.05) is 31.1 Å². The lowest BCUT2D eigenvalue weighted by molar-refractivity contribution is -0.141. The molecule has 2 atom stereocenters. The van der Waals surface area contributed by atoms with Crippen molar-refractivity contribution in [1.29, 1.82) is 10.5 Å². The van der Waals surface area contributed by atoms with Crippen LogP contribution < -0.4 is 0 Å². The van der Waals surface area contributed by atoms with E-state index in [4.69, 9.17) is 10.5 Å². The molecule has 1 saturated heterocycles. The van der Waals surface area contributed by atoms with E-state index < -0.39 is 11.9 Å². The van der Waals surface area contributed by atoms with Crippen molar-refractivity contribution >= 4 is 0 Å². The van der Waals surface area contributed by atoms with Crippen LogP contribution in [0.3, 0.4) is 0 Å². The number of hydrogen-bond donors (Lipinski definition) is 1. The SMILES string of the molecule is N#CCC[C@H](C#N)CN1CCC[C@H](c2cc(C(F)(F)F)n[nH]2)C1. The van der Waals surface area contributed by atoms with Crippen LogP contribution in [0, 0.1) is 28.6 Å². The lowest BCUT2D eigenvalue weighted by Crippen LogP contribution is -2.37. The van der Waals surface area contributed by atoms with Crippen LogP contribution in [0.2, 0.25) is 0 Å². The summed E-state index contributed by atoms with van der Waals surface area (Å²) in [7, 11) is 0. The summed E-state index contributed by atoms with van der Waals surface area (Å²) in [5, 5.41) is 23.6. The zero-order valence-corrected chi connectivity index (χ0v) is 12.6. The summed E-state index contributed by atoms with van der Waals surface area (Å²) in [6, 6.07) is 5.31. The van der Waals surface area contributed by atoms with Gasteiger partial charge in [0.2, 0.25) is 0 Å². The van der Waals surface area contributed by atoms with E-state index in [2.05, 4.69) is 21.2 Å². The highest BCUT2D eigenvalue weighted by Gasteiger charge is 2.35. The van der Waals surface area contributed by atoms with Gasteiger partial charge in [-0.05, 0) is 31.9 Å². The van der Waals surface area contributed by atoms with E-state index in [1.807, 2.05) is 6.07 Å². The number of nitrogens with zero attached hydrogens (tertiary/aromatic N) is 4. The highest BCUT2D eigenvalue weighted by Crippen LogP contribution is 2.32. The Bertz CT molecular complexity index is 595. The van der Waals surface area contributed by atoms with Gasteiger partial charge in [0.15, 0.2) is 5.69 Å². The number of piperidine rings is 1. The third-order valence-electron chi connectivity index (χ3n) is 4.10. The van der Waals surface area contributed by atoms with Crippen LogP contribution in [0.5, 0.6) is 0 Å². The molecule has 1 aliphatic heterocycles. The van der Waals surface area contributed by atoms with Crippen LogP contribution in [0.4, 0.5) is 13.2 Å². The van der Waals surface area contributed by atoms with E-state index in [1.165, 1.54) is 0 Å². The molecular weight excluding hydrogens is 307 g/mol. The minimum absolute atomic E-state index is 0.0392. The molecule has 0 bridgehead atoms. The van der Waals surface area contributed by atoms with Gasteiger partial charge in [-0.3, -0.25) is 5.10 Å². The number of H-pyrrole nitrogens is 1. The summed E-state index contributed by atoms with van der Waals surface area (Å²) >= 11 is 0. The molecule has 0 radical (unpaired) electrons. The quantitative estimate of drug-likeness (QED) is 0.902. The first-order chi connectivity index (χ1) is 10.9. The Hall–Kier alpha value is -2.06. The zero-order valence-electron chi connectivity index (χ0n) is 12.6. The van der Waals surface area contributed by atoms with Crippen molar-refractivity contribution in [1.82, 2.24) is 15.1 Å². The average molecular weight is 325 g/mol. The lowest BCUT2D eigenvalue weighted by atomic mass is 9.93. The zero-order chi connectivity index (χ0) is 16.9. The van der Waals surface area contributed by atoms with Gasteiger partial charge in [-0.25, -0.2) is 0 Å². The Morgan fingerprint density at radius 3 is 2.83 bits per heavy atom. The van der Waals surface area contributed by atoms with Gasteiger partial charge in [-0.2, -0.15) is 28.8 Å². The first-order valence-corrected chi connectivity index (χ1v) is 7.55. The normalized spacial score (nSPS) is 20.7. The topological polar surface area (TPSA) is 79.5 Å². The molecule has 0 unspecified atom stereocenters. The Morgan fingerprint density at radius 2 is 2.22 bits per heavy atom. The molecule has 2 heterocycles. The Kier molecular flexibility index (Phi) is 5.62. The molecule has 0 aliphatic carbocycles. The molecule has 2 rings (SSSR count). The van der Waals surface area contributed by atoms with Gasteiger partial charge in [-0.1, -0.05) is 0 Å². The molecule has 0 amide bonds. The minimum atomic E-state index is -4.44. The molecule has 8 heteroatoms. The smallest absolute Gasteiger partial charge is 0.301 e. The first kappa shape index (κ1) is 17.3. The number of hydrogen-bond acceptors (Lipinski definition) is 4. The number of nitriles is 2. The molecule has 5 nitrogen and oxygen atoms in total. The van der Waals surface area contributed by atoms with Crippen LogP contribution in [0.1, 0.15) is 43.0 Å². The van der Waals surface area contributed by atoms with Crippen LogP contribution in [-0.4, -0.2) is 34.7 Å². The molecule has 23 heavy (non-hydrogen) atoms. The Labute approximate surface area is 132 Å². The fraction of sp³-hybridized carbons (Fsp3) is 0.667. The highest BCUT2D eigenvalue weighted by atomic mass is 19.4. The van der Waals surface area contributed by atoms with Gasteiger partial charge in [0.05, 0.1) is 18.1 Å². The maximum atomic E-state index is 12.6. The van der Waals surface area contributed by atoms with Crippen LogP contribution in [0.15, 0.2) is 6.07 Å². The van der Waals surface area contributed by atoms with Crippen molar-refractivity contribution in [2.75, 3.05) is 19.6 Å². The largest absolute Gasteiger partial charge is 0.435 e. The van der Waals surface area contributed by atoms with Gasteiger partial charge >= 0.3 is 6.18 Å². The lowest BCUT2D eigenvalue weighted by Gasteiger charge is -2.33. The second-order valence-electron chi connectivity index (χ2n) is 5.83. The molecule has 0 saturated carbocycles. The molecular formula is C15H18F3N5. The van der Waals surface area contributed by atoms with Gasteiger partial charge in [0.25, 0.3) is 0 Å². The molecule has 1 fully saturated rings. The predicted molar refractivity (Wildman–Crippen MR) is 76.0 cm³/mol. The van der Waals surface area contributed by atoms with E-state index in [9.17, 15) is 13.2 Å². The predicted octanol–water partition coefficient (Wildman–Crippen LogP) is 3.05. The van der Waals surface area contributed by atoms with Crippen LogP contribution in [0.25, 0.3) is 0 Å². The molecule has 0 spiro atoms. The van der Waals surface area contributed by atoms with Crippen molar-refractivity contribution < 1.29 is 13.2 Å². The number of alkyl halides is 3. The third-order valence-corrected chi connectivity index (χ3v) is 4.10. The van der Waals surface area contributed by atoms with Gasteiger partial charge in [-0.15, -0.1) is 0 Å². The van der Waals surface area contributed by atoms with E-state index in [0.29, 0.717) is 31.6 Å². The summed E-state index contributed by atoms with van der Waals surface area (Å²) in [6.07, 6.45) is -1.92. The Balaban J connectivity index is 1.97. The standard InChI is InChI=1S/C15H18F3N5/c16-15(17,18)14-7-13(21-22-14)12-4-2-6-23(10-12)9-11(8-20)3-1-5-19/h7,11-12H,1-4,6,9-10H2,(H,21,22)/t11-,12+/m1/s1. The van der Waals surface area contributed by atoms with Crippen LogP contribution in [-0.2, 0) is 6.18 Å². The number of aromatic nitrogens is 2. The van der Waals surface area contributed by atoms with Crippen LogP contribution >= 0.6 is 0 Å². The Morgan fingerprint density at radius 1 is 1.43 bits per heavy atom. The fourth-order valence-electron chi connectivity index (χ4n) is 2.91.